The van der Waals surface area contributed by atoms with Crippen LogP contribution in [0.15, 0.2) is 24.5 Å². The predicted octanol–water partition coefficient (Wildman–Crippen LogP) is 3.30. The van der Waals surface area contributed by atoms with Crippen LogP contribution >= 0.6 is 0 Å². The third-order valence-electron chi connectivity index (χ3n) is 4.01. The lowest BCUT2D eigenvalue weighted by atomic mass is 9.87. The minimum Gasteiger partial charge on any atom is -0.462 e. The number of amides is 1. The Bertz CT molecular complexity index is 468. The molecular weight excluding hydrogens is 292 g/mol. The van der Waals surface area contributed by atoms with E-state index in [9.17, 15) is 9.59 Å². The Hall–Kier alpha value is -1.91. The molecule has 0 atom stereocenters. The number of pyridine rings is 1. The van der Waals surface area contributed by atoms with Crippen molar-refractivity contribution in [2.75, 3.05) is 20.7 Å². The molecular formula is C18H28N2O3. The zero-order valence-corrected chi connectivity index (χ0v) is 14.5. The van der Waals surface area contributed by atoms with Gasteiger partial charge in [0.2, 0.25) is 5.91 Å². The fourth-order valence-corrected chi connectivity index (χ4v) is 2.36. The molecule has 0 bridgehead atoms. The lowest BCUT2D eigenvalue weighted by molar-refractivity contribution is -0.126. The van der Waals surface area contributed by atoms with Crippen molar-refractivity contribution in [2.24, 2.45) is 5.92 Å². The molecule has 1 aliphatic rings. The molecule has 1 saturated carbocycles. The maximum Gasteiger partial charge on any atom is 0.339 e. The minimum atomic E-state index is -0.256. The van der Waals surface area contributed by atoms with E-state index in [1.165, 1.54) is 43.9 Å². The van der Waals surface area contributed by atoms with E-state index in [1.54, 1.807) is 38.6 Å². The van der Waals surface area contributed by atoms with Crippen LogP contribution in [0, 0.1) is 5.92 Å². The second kappa shape index (κ2) is 10.8. The van der Waals surface area contributed by atoms with Crippen molar-refractivity contribution in [1.82, 2.24) is 9.88 Å². The van der Waals surface area contributed by atoms with E-state index in [2.05, 4.69) is 4.98 Å². The second-order valence-corrected chi connectivity index (χ2v) is 6.08. The highest BCUT2D eigenvalue weighted by Gasteiger charge is 2.14. The summed E-state index contributed by atoms with van der Waals surface area (Å²) in [7, 11) is 3.45. The van der Waals surface area contributed by atoms with Crippen LogP contribution in [0.2, 0.25) is 0 Å². The Balaban J connectivity index is 0.000000379. The summed E-state index contributed by atoms with van der Waals surface area (Å²) in [4.78, 5) is 27.1. The molecule has 1 fully saturated rings. The SMILES string of the molecule is CC(=O)N(C)C.O=C(OCCC1CCCCC1)c1cccnc1. The first-order valence-corrected chi connectivity index (χ1v) is 8.25. The van der Waals surface area contributed by atoms with E-state index in [0.29, 0.717) is 12.2 Å². The van der Waals surface area contributed by atoms with Crippen molar-refractivity contribution in [1.29, 1.82) is 0 Å². The molecule has 1 aliphatic carbocycles. The van der Waals surface area contributed by atoms with Crippen molar-refractivity contribution in [2.45, 2.75) is 45.4 Å². The van der Waals surface area contributed by atoms with E-state index in [-0.39, 0.29) is 11.9 Å². The second-order valence-electron chi connectivity index (χ2n) is 6.08. The molecule has 0 radical (unpaired) electrons. The van der Waals surface area contributed by atoms with Crippen LogP contribution in [0.4, 0.5) is 0 Å². The number of esters is 1. The number of rotatable bonds is 4. The summed E-state index contributed by atoms with van der Waals surface area (Å²) in [5.74, 6) is 0.592. The summed E-state index contributed by atoms with van der Waals surface area (Å²) < 4.78 is 5.25. The molecule has 0 spiro atoms. The summed E-state index contributed by atoms with van der Waals surface area (Å²) in [5, 5.41) is 0. The number of hydrogen-bond donors (Lipinski definition) is 0. The Kier molecular flexibility index (Phi) is 8.95. The summed E-state index contributed by atoms with van der Waals surface area (Å²) in [6.07, 6.45) is 10.8. The number of carbonyl (C=O) groups is 2. The average molecular weight is 320 g/mol. The van der Waals surface area contributed by atoms with Gasteiger partial charge in [-0.1, -0.05) is 32.1 Å². The van der Waals surface area contributed by atoms with Crippen LogP contribution in [-0.2, 0) is 9.53 Å². The van der Waals surface area contributed by atoms with E-state index in [1.807, 2.05) is 0 Å². The smallest absolute Gasteiger partial charge is 0.339 e. The van der Waals surface area contributed by atoms with Gasteiger partial charge in [-0.25, -0.2) is 4.79 Å². The maximum absolute atomic E-state index is 11.6. The molecule has 0 aromatic carbocycles. The molecule has 0 N–H and O–H groups in total. The fraction of sp³-hybridized carbons (Fsp3) is 0.611. The standard InChI is InChI=1S/C14H19NO2.C4H9NO/c16-14(13-7-4-9-15-11-13)17-10-8-12-5-2-1-3-6-12;1-4(6)5(2)3/h4,7,9,11-12H,1-3,5-6,8,10H2;1-3H3. The topological polar surface area (TPSA) is 59.5 Å². The van der Waals surface area contributed by atoms with Gasteiger partial charge in [0.15, 0.2) is 0 Å². The molecule has 1 aromatic heterocycles. The van der Waals surface area contributed by atoms with Crippen LogP contribution in [-0.4, -0.2) is 42.5 Å². The monoisotopic (exact) mass is 320 g/mol. The summed E-state index contributed by atoms with van der Waals surface area (Å²) in [5.41, 5.74) is 0.538. The summed E-state index contributed by atoms with van der Waals surface area (Å²) >= 11 is 0. The van der Waals surface area contributed by atoms with Gasteiger partial charge < -0.3 is 9.64 Å². The lowest BCUT2D eigenvalue weighted by Gasteiger charge is -2.20. The van der Waals surface area contributed by atoms with Crippen LogP contribution in [0.3, 0.4) is 0 Å². The quantitative estimate of drug-likeness (QED) is 0.799. The maximum atomic E-state index is 11.6. The molecule has 1 amide bonds. The minimum absolute atomic E-state index is 0.0926. The van der Waals surface area contributed by atoms with Gasteiger partial charge >= 0.3 is 5.97 Å². The first-order chi connectivity index (χ1) is 11.0. The van der Waals surface area contributed by atoms with Crippen molar-refractivity contribution in [3.8, 4) is 0 Å². The highest BCUT2D eigenvalue weighted by atomic mass is 16.5. The molecule has 0 unspecified atom stereocenters. The van der Waals surface area contributed by atoms with Crippen molar-refractivity contribution < 1.29 is 14.3 Å². The molecule has 5 heteroatoms. The molecule has 1 aromatic rings. The first kappa shape index (κ1) is 19.1. The molecule has 23 heavy (non-hydrogen) atoms. The number of nitrogens with zero attached hydrogens (tertiary/aromatic N) is 2. The summed E-state index contributed by atoms with van der Waals surface area (Å²) in [6.45, 7) is 2.07. The molecule has 2 rings (SSSR count). The number of hydrogen-bond acceptors (Lipinski definition) is 4. The fourth-order valence-electron chi connectivity index (χ4n) is 2.36. The van der Waals surface area contributed by atoms with Gasteiger partial charge in [-0.15, -0.1) is 0 Å². The van der Waals surface area contributed by atoms with Gasteiger partial charge in [0.25, 0.3) is 0 Å². The first-order valence-electron chi connectivity index (χ1n) is 8.25. The molecule has 5 nitrogen and oxygen atoms in total. The Morgan fingerprint density at radius 1 is 1.26 bits per heavy atom. The van der Waals surface area contributed by atoms with E-state index in [0.717, 1.165) is 12.3 Å². The third kappa shape index (κ3) is 8.33. The lowest BCUT2D eigenvalue weighted by Crippen LogP contribution is -2.17. The zero-order chi connectivity index (χ0) is 17.1. The molecule has 0 aliphatic heterocycles. The number of aromatic nitrogens is 1. The van der Waals surface area contributed by atoms with E-state index in [4.69, 9.17) is 4.74 Å². The van der Waals surface area contributed by atoms with Crippen molar-refractivity contribution in [3.63, 3.8) is 0 Å². The van der Waals surface area contributed by atoms with Crippen LogP contribution < -0.4 is 0 Å². The van der Waals surface area contributed by atoms with Gasteiger partial charge in [0.05, 0.1) is 12.2 Å². The van der Waals surface area contributed by atoms with E-state index >= 15 is 0 Å². The zero-order valence-electron chi connectivity index (χ0n) is 14.5. The highest BCUT2D eigenvalue weighted by molar-refractivity contribution is 5.88. The van der Waals surface area contributed by atoms with E-state index < -0.39 is 0 Å². The normalized spacial score (nSPS) is 14.4. The van der Waals surface area contributed by atoms with Gasteiger partial charge in [0, 0.05) is 33.4 Å². The number of carbonyl (C=O) groups excluding carboxylic acids is 2. The average Bonchev–Trinajstić information content (AvgIpc) is 2.57. The van der Waals surface area contributed by atoms with Crippen LogP contribution in [0.1, 0.15) is 55.8 Å². The van der Waals surface area contributed by atoms with Gasteiger partial charge in [-0.3, -0.25) is 9.78 Å². The van der Waals surface area contributed by atoms with Gasteiger partial charge in [-0.05, 0) is 24.5 Å². The predicted molar refractivity (Wildman–Crippen MR) is 90.1 cm³/mol. The van der Waals surface area contributed by atoms with Gasteiger partial charge in [-0.2, -0.15) is 0 Å². The van der Waals surface area contributed by atoms with Crippen molar-refractivity contribution in [3.05, 3.63) is 30.1 Å². The highest BCUT2D eigenvalue weighted by Crippen LogP contribution is 2.26. The Labute approximate surface area is 139 Å². The van der Waals surface area contributed by atoms with Crippen LogP contribution in [0.5, 0.6) is 0 Å². The summed E-state index contributed by atoms with van der Waals surface area (Å²) in [6, 6.07) is 3.48. The molecule has 1 heterocycles. The van der Waals surface area contributed by atoms with Crippen LogP contribution in [0.25, 0.3) is 0 Å². The van der Waals surface area contributed by atoms with Crippen molar-refractivity contribution >= 4 is 11.9 Å². The largest absolute Gasteiger partial charge is 0.462 e. The Morgan fingerprint density at radius 3 is 2.43 bits per heavy atom. The van der Waals surface area contributed by atoms with Gasteiger partial charge in [0.1, 0.15) is 0 Å². The molecule has 0 saturated heterocycles. The number of ether oxygens (including phenoxy) is 1. The third-order valence-corrected chi connectivity index (χ3v) is 4.01. The Morgan fingerprint density at radius 2 is 1.91 bits per heavy atom. The molecule has 128 valence electrons.